The number of carbonyl (C=O) groups excluding carboxylic acids is 1. The number of likely N-dealkylation sites (tertiary alicyclic amines) is 1. The van der Waals surface area contributed by atoms with Gasteiger partial charge in [0.2, 0.25) is 0 Å². The van der Waals surface area contributed by atoms with E-state index in [2.05, 4.69) is 31.0 Å². The lowest BCUT2D eigenvalue weighted by atomic mass is 9.85. The predicted octanol–water partition coefficient (Wildman–Crippen LogP) is 2.04. The molecule has 1 saturated heterocycles. The molecular formula is C16H30N2O2. The van der Waals surface area contributed by atoms with Crippen LogP contribution >= 0.6 is 0 Å². The molecule has 0 aromatic heterocycles. The van der Waals surface area contributed by atoms with Crippen LogP contribution in [0.5, 0.6) is 0 Å². The number of hydrogen-bond donors (Lipinski definition) is 1. The van der Waals surface area contributed by atoms with E-state index in [0.29, 0.717) is 18.1 Å². The number of nitrogens with zero attached hydrogens (tertiary/aromatic N) is 1. The minimum Gasteiger partial charge on any atom is -0.469 e. The molecule has 2 rings (SSSR count). The Labute approximate surface area is 123 Å². The van der Waals surface area contributed by atoms with Crippen LogP contribution in [0.4, 0.5) is 0 Å². The van der Waals surface area contributed by atoms with Crippen molar-refractivity contribution in [3.63, 3.8) is 0 Å². The molecule has 0 aromatic carbocycles. The van der Waals surface area contributed by atoms with Crippen LogP contribution in [0.15, 0.2) is 0 Å². The summed E-state index contributed by atoms with van der Waals surface area (Å²) in [5.74, 6) is 0.825. The van der Waals surface area contributed by atoms with Gasteiger partial charge in [0.15, 0.2) is 0 Å². The fraction of sp³-hybridized carbons (Fsp3) is 0.938. The van der Waals surface area contributed by atoms with Crippen molar-refractivity contribution in [3.8, 4) is 0 Å². The zero-order chi connectivity index (χ0) is 14.7. The highest BCUT2D eigenvalue weighted by atomic mass is 16.5. The molecule has 0 bridgehead atoms. The predicted molar refractivity (Wildman–Crippen MR) is 80.6 cm³/mol. The number of rotatable bonds is 4. The van der Waals surface area contributed by atoms with E-state index in [9.17, 15) is 4.79 Å². The van der Waals surface area contributed by atoms with E-state index in [4.69, 9.17) is 4.74 Å². The minimum absolute atomic E-state index is 0.0244. The third-order valence-corrected chi connectivity index (χ3v) is 5.08. The van der Waals surface area contributed by atoms with Gasteiger partial charge < -0.3 is 10.1 Å². The summed E-state index contributed by atoms with van der Waals surface area (Å²) < 4.78 is 4.85. The summed E-state index contributed by atoms with van der Waals surface area (Å²) >= 11 is 0. The fourth-order valence-corrected chi connectivity index (χ4v) is 3.61. The Kier molecular flexibility index (Phi) is 5.44. The van der Waals surface area contributed by atoms with Crippen LogP contribution in [0.25, 0.3) is 0 Å². The first kappa shape index (κ1) is 15.8. The Hall–Kier alpha value is -0.610. The summed E-state index contributed by atoms with van der Waals surface area (Å²) in [4.78, 5) is 14.1. The third kappa shape index (κ3) is 3.73. The Morgan fingerprint density at radius 3 is 2.35 bits per heavy atom. The number of hydrogen-bond acceptors (Lipinski definition) is 4. The number of esters is 1. The van der Waals surface area contributed by atoms with Crippen LogP contribution in [0.3, 0.4) is 0 Å². The molecule has 0 radical (unpaired) electrons. The van der Waals surface area contributed by atoms with Crippen LogP contribution in [-0.4, -0.2) is 49.2 Å². The molecule has 4 nitrogen and oxygen atoms in total. The van der Waals surface area contributed by atoms with Crippen molar-refractivity contribution in [2.75, 3.05) is 20.2 Å². The van der Waals surface area contributed by atoms with Gasteiger partial charge in [-0.05, 0) is 45.4 Å². The first-order valence-corrected chi connectivity index (χ1v) is 8.09. The number of methoxy groups -OCH3 is 1. The van der Waals surface area contributed by atoms with E-state index in [0.717, 1.165) is 38.1 Å². The zero-order valence-corrected chi connectivity index (χ0v) is 13.4. The Bertz CT molecular complexity index is 324. The van der Waals surface area contributed by atoms with Crippen LogP contribution < -0.4 is 5.32 Å². The zero-order valence-electron chi connectivity index (χ0n) is 13.4. The maximum absolute atomic E-state index is 11.5. The molecule has 2 unspecified atom stereocenters. The number of carbonyl (C=O) groups is 1. The van der Waals surface area contributed by atoms with Crippen LogP contribution in [-0.2, 0) is 9.53 Å². The van der Waals surface area contributed by atoms with Crippen molar-refractivity contribution in [2.45, 2.75) is 64.6 Å². The topological polar surface area (TPSA) is 41.6 Å². The molecule has 2 atom stereocenters. The van der Waals surface area contributed by atoms with Gasteiger partial charge in [-0.15, -0.1) is 0 Å². The van der Waals surface area contributed by atoms with Gasteiger partial charge in [-0.3, -0.25) is 9.69 Å². The molecule has 2 aliphatic rings. The van der Waals surface area contributed by atoms with Gasteiger partial charge in [0.25, 0.3) is 0 Å². The summed E-state index contributed by atoms with van der Waals surface area (Å²) in [5.41, 5.74) is 0. The van der Waals surface area contributed by atoms with E-state index in [-0.39, 0.29) is 11.9 Å². The van der Waals surface area contributed by atoms with Crippen LogP contribution in [0.1, 0.15) is 46.5 Å². The minimum atomic E-state index is -0.0244. The van der Waals surface area contributed by atoms with Gasteiger partial charge >= 0.3 is 5.97 Å². The van der Waals surface area contributed by atoms with E-state index in [1.165, 1.54) is 13.7 Å². The van der Waals surface area contributed by atoms with Gasteiger partial charge in [0, 0.05) is 31.2 Å². The van der Waals surface area contributed by atoms with E-state index >= 15 is 0 Å². The van der Waals surface area contributed by atoms with E-state index < -0.39 is 0 Å². The second kappa shape index (κ2) is 6.90. The monoisotopic (exact) mass is 282 g/mol. The quantitative estimate of drug-likeness (QED) is 0.801. The smallest absolute Gasteiger partial charge is 0.308 e. The average molecular weight is 282 g/mol. The molecular weight excluding hydrogens is 252 g/mol. The Balaban J connectivity index is 1.77. The molecule has 20 heavy (non-hydrogen) atoms. The molecule has 2 fully saturated rings. The highest BCUT2D eigenvalue weighted by molar-refractivity contribution is 5.72. The van der Waals surface area contributed by atoms with Crippen molar-refractivity contribution in [3.05, 3.63) is 0 Å². The Morgan fingerprint density at radius 1 is 1.20 bits per heavy atom. The Morgan fingerprint density at radius 2 is 1.85 bits per heavy atom. The maximum atomic E-state index is 11.5. The lowest BCUT2D eigenvalue weighted by molar-refractivity contribution is -0.146. The summed E-state index contributed by atoms with van der Waals surface area (Å²) in [7, 11) is 1.49. The molecule has 1 N–H and O–H groups in total. The summed E-state index contributed by atoms with van der Waals surface area (Å²) in [5, 5.41) is 3.84. The normalized spacial score (nSPS) is 35.5. The van der Waals surface area contributed by atoms with Crippen LogP contribution in [0, 0.1) is 11.8 Å². The van der Waals surface area contributed by atoms with Gasteiger partial charge in [0.1, 0.15) is 0 Å². The lowest BCUT2D eigenvalue weighted by Gasteiger charge is -2.31. The van der Waals surface area contributed by atoms with Crippen molar-refractivity contribution in [1.82, 2.24) is 10.2 Å². The van der Waals surface area contributed by atoms with E-state index in [1.54, 1.807) is 0 Å². The maximum Gasteiger partial charge on any atom is 0.308 e. The molecule has 0 amide bonds. The second-order valence-corrected chi connectivity index (χ2v) is 6.87. The third-order valence-electron chi connectivity index (χ3n) is 5.08. The molecule has 4 heteroatoms. The van der Waals surface area contributed by atoms with E-state index in [1.807, 2.05) is 0 Å². The van der Waals surface area contributed by atoms with Crippen molar-refractivity contribution in [1.29, 1.82) is 0 Å². The molecule has 1 aliphatic carbocycles. The van der Waals surface area contributed by atoms with Gasteiger partial charge in [-0.2, -0.15) is 0 Å². The molecule has 0 aromatic rings. The van der Waals surface area contributed by atoms with Crippen molar-refractivity contribution in [2.24, 2.45) is 11.8 Å². The number of nitrogens with one attached hydrogen (secondary N) is 1. The van der Waals surface area contributed by atoms with Crippen LogP contribution in [0.2, 0.25) is 0 Å². The molecule has 1 aliphatic heterocycles. The first-order valence-electron chi connectivity index (χ1n) is 8.09. The SMILES string of the molecule is COC(=O)C1CCC(NC2CN(C(C)C)CC2C)CC1. The second-order valence-electron chi connectivity index (χ2n) is 6.87. The first-order chi connectivity index (χ1) is 9.51. The highest BCUT2D eigenvalue weighted by Gasteiger charge is 2.34. The van der Waals surface area contributed by atoms with Crippen molar-refractivity contribution < 1.29 is 9.53 Å². The molecule has 1 saturated carbocycles. The largest absolute Gasteiger partial charge is 0.469 e. The highest BCUT2D eigenvalue weighted by Crippen LogP contribution is 2.27. The standard InChI is InChI=1S/C16H30N2O2/c1-11(2)18-9-12(3)15(10-18)17-14-7-5-13(6-8-14)16(19)20-4/h11-15,17H,5-10H2,1-4H3. The molecule has 116 valence electrons. The molecule has 1 heterocycles. The summed E-state index contributed by atoms with van der Waals surface area (Å²) in [6.07, 6.45) is 4.15. The fourth-order valence-electron chi connectivity index (χ4n) is 3.61. The lowest BCUT2D eigenvalue weighted by Crippen LogP contribution is -2.45. The summed E-state index contributed by atoms with van der Waals surface area (Å²) in [6.45, 7) is 9.26. The summed E-state index contributed by atoms with van der Waals surface area (Å²) in [6, 6.07) is 1.83. The van der Waals surface area contributed by atoms with Gasteiger partial charge in [-0.1, -0.05) is 6.92 Å². The van der Waals surface area contributed by atoms with Gasteiger partial charge in [0.05, 0.1) is 13.0 Å². The average Bonchev–Trinajstić information content (AvgIpc) is 2.80. The molecule has 0 spiro atoms. The van der Waals surface area contributed by atoms with Crippen molar-refractivity contribution >= 4 is 5.97 Å². The van der Waals surface area contributed by atoms with Gasteiger partial charge in [-0.25, -0.2) is 0 Å². The number of ether oxygens (including phenoxy) is 1.